The molecule has 0 fully saturated rings. The molecular weight excluding hydrogens is 146 g/mol. The lowest BCUT2D eigenvalue weighted by molar-refractivity contribution is 0.761. The first-order valence-corrected chi connectivity index (χ1v) is 4.43. The van der Waals surface area contributed by atoms with Crippen molar-refractivity contribution in [3.63, 3.8) is 0 Å². The lowest BCUT2D eigenvalue weighted by atomic mass is 9.92. The van der Waals surface area contributed by atoms with Gasteiger partial charge in [0.25, 0.3) is 0 Å². The van der Waals surface area contributed by atoms with Gasteiger partial charge in [0.15, 0.2) is 0 Å². The molecule has 0 unspecified atom stereocenters. The number of nitrogens with two attached hydrogens (primary N) is 1. The third-order valence-corrected chi connectivity index (χ3v) is 2.39. The van der Waals surface area contributed by atoms with Crippen LogP contribution in [-0.4, -0.2) is 6.54 Å². The molecule has 12 heavy (non-hydrogen) atoms. The van der Waals surface area contributed by atoms with Crippen LogP contribution >= 0.6 is 0 Å². The van der Waals surface area contributed by atoms with Crippen LogP contribution in [0.25, 0.3) is 0 Å². The van der Waals surface area contributed by atoms with Crippen LogP contribution in [0.1, 0.15) is 29.5 Å². The summed E-state index contributed by atoms with van der Waals surface area (Å²) in [6, 6.07) is 6.39. The first-order valence-electron chi connectivity index (χ1n) is 4.43. The second-order valence-corrected chi connectivity index (χ2v) is 3.44. The molecule has 66 valence electrons. The molecule has 0 amide bonds. The van der Waals surface area contributed by atoms with Crippen LogP contribution in [0.15, 0.2) is 18.2 Å². The van der Waals surface area contributed by atoms with Gasteiger partial charge in [-0.25, -0.2) is 0 Å². The molecule has 1 nitrogen and oxygen atoms in total. The van der Waals surface area contributed by atoms with Crippen molar-refractivity contribution in [1.29, 1.82) is 0 Å². The quantitative estimate of drug-likeness (QED) is 0.711. The number of benzene rings is 1. The van der Waals surface area contributed by atoms with E-state index < -0.39 is 0 Å². The first kappa shape index (κ1) is 9.27. The molecule has 0 saturated heterocycles. The van der Waals surface area contributed by atoms with E-state index in [2.05, 4.69) is 39.0 Å². The Kier molecular flexibility index (Phi) is 2.88. The highest BCUT2D eigenvalue weighted by atomic mass is 14.5. The minimum Gasteiger partial charge on any atom is -0.330 e. The molecule has 0 radical (unpaired) electrons. The second kappa shape index (κ2) is 3.72. The van der Waals surface area contributed by atoms with Crippen LogP contribution in [0, 0.1) is 13.8 Å². The van der Waals surface area contributed by atoms with Gasteiger partial charge in [-0.1, -0.05) is 25.1 Å². The van der Waals surface area contributed by atoms with Crippen LogP contribution < -0.4 is 5.73 Å². The Balaban J connectivity index is 3.12. The standard InChI is InChI=1S/C11H17N/c1-8-5-4-6-9(2)11(8)10(3)7-12/h4-6,10H,7,12H2,1-3H3/t10-/m1/s1. The van der Waals surface area contributed by atoms with Crippen molar-refractivity contribution in [1.82, 2.24) is 0 Å². The van der Waals surface area contributed by atoms with Crippen molar-refractivity contribution in [2.24, 2.45) is 5.73 Å². The zero-order chi connectivity index (χ0) is 9.14. The molecule has 0 bridgehead atoms. The van der Waals surface area contributed by atoms with Gasteiger partial charge in [0.1, 0.15) is 0 Å². The van der Waals surface area contributed by atoms with Gasteiger partial charge in [0.05, 0.1) is 0 Å². The lowest BCUT2D eigenvalue weighted by Crippen LogP contribution is -2.11. The van der Waals surface area contributed by atoms with Gasteiger partial charge >= 0.3 is 0 Å². The fraction of sp³-hybridized carbons (Fsp3) is 0.455. The Morgan fingerprint density at radius 2 is 1.75 bits per heavy atom. The smallest absolute Gasteiger partial charge is 0.00107 e. The fourth-order valence-electron chi connectivity index (χ4n) is 1.72. The van der Waals surface area contributed by atoms with Gasteiger partial charge in [-0.05, 0) is 43.0 Å². The summed E-state index contributed by atoms with van der Waals surface area (Å²) in [7, 11) is 0. The van der Waals surface area contributed by atoms with E-state index in [1.807, 2.05) is 0 Å². The Morgan fingerprint density at radius 3 is 2.17 bits per heavy atom. The largest absolute Gasteiger partial charge is 0.330 e. The number of hydrogen-bond acceptors (Lipinski definition) is 1. The van der Waals surface area contributed by atoms with Crippen molar-refractivity contribution in [2.45, 2.75) is 26.7 Å². The maximum absolute atomic E-state index is 5.64. The summed E-state index contributed by atoms with van der Waals surface area (Å²) in [6.45, 7) is 7.20. The predicted octanol–water partition coefficient (Wildman–Crippen LogP) is 2.37. The maximum Gasteiger partial charge on any atom is -0.00107 e. The molecule has 0 aromatic heterocycles. The molecule has 0 saturated carbocycles. The molecule has 2 N–H and O–H groups in total. The molecule has 0 aliphatic rings. The van der Waals surface area contributed by atoms with Crippen molar-refractivity contribution in [2.75, 3.05) is 6.54 Å². The van der Waals surface area contributed by atoms with Crippen LogP contribution in [0.3, 0.4) is 0 Å². The van der Waals surface area contributed by atoms with Crippen molar-refractivity contribution in [3.8, 4) is 0 Å². The molecule has 0 heterocycles. The van der Waals surface area contributed by atoms with E-state index in [9.17, 15) is 0 Å². The van der Waals surface area contributed by atoms with Crippen molar-refractivity contribution < 1.29 is 0 Å². The van der Waals surface area contributed by atoms with E-state index in [0.717, 1.165) is 6.54 Å². The average molecular weight is 163 g/mol. The Morgan fingerprint density at radius 1 is 1.25 bits per heavy atom. The Hall–Kier alpha value is -0.820. The third kappa shape index (κ3) is 1.67. The van der Waals surface area contributed by atoms with Gasteiger partial charge in [-0.15, -0.1) is 0 Å². The van der Waals surface area contributed by atoms with Crippen molar-refractivity contribution in [3.05, 3.63) is 34.9 Å². The van der Waals surface area contributed by atoms with Crippen LogP contribution in [0.2, 0.25) is 0 Å². The van der Waals surface area contributed by atoms with E-state index in [4.69, 9.17) is 5.73 Å². The van der Waals surface area contributed by atoms with Crippen LogP contribution in [-0.2, 0) is 0 Å². The molecule has 0 aliphatic heterocycles. The van der Waals surface area contributed by atoms with Crippen LogP contribution in [0.5, 0.6) is 0 Å². The summed E-state index contributed by atoms with van der Waals surface area (Å²) in [6.07, 6.45) is 0. The normalized spacial score (nSPS) is 13.0. The fourth-order valence-corrected chi connectivity index (χ4v) is 1.72. The van der Waals surface area contributed by atoms with Crippen molar-refractivity contribution >= 4 is 0 Å². The zero-order valence-electron chi connectivity index (χ0n) is 8.09. The van der Waals surface area contributed by atoms with Gasteiger partial charge in [-0.3, -0.25) is 0 Å². The molecule has 0 spiro atoms. The van der Waals surface area contributed by atoms with Gasteiger partial charge in [0, 0.05) is 0 Å². The van der Waals surface area contributed by atoms with Crippen LogP contribution in [0.4, 0.5) is 0 Å². The maximum atomic E-state index is 5.64. The van der Waals surface area contributed by atoms with E-state index in [1.54, 1.807) is 0 Å². The summed E-state index contributed by atoms with van der Waals surface area (Å²) >= 11 is 0. The zero-order valence-corrected chi connectivity index (χ0v) is 8.09. The SMILES string of the molecule is Cc1cccc(C)c1[C@H](C)CN. The summed E-state index contributed by atoms with van der Waals surface area (Å²) in [5, 5.41) is 0. The van der Waals surface area contributed by atoms with E-state index in [1.165, 1.54) is 16.7 Å². The minimum absolute atomic E-state index is 0.478. The van der Waals surface area contributed by atoms with Gasteiger partial charge in [-0.2, -0.15) is 0 Å². The van der Waals surface area contributed by atoms with E-state index >= 15 is 0 Å². The van der Waals surface area contributed by atoms with Gasteiger partial charge < -0.3 is 5.73 Å². The molecule has 1 aromatic rings. The highest BCUT2D eigenvalue weighted by Gasteiger charge is 2.08. The third-order valence-electron chi connectivity index (χ3n) is 2.39. The first-order chi connectivity index (χ1) is 5.66. The average Bonchev–Trinajstić information content (AvgIpc) is 2.03. The van der Waals surface area contributed by atoms with E-state index in [-0.39, 0.29) is 0 Å². The van der Waals surface area contributed by atoms with Gasteiger partial charge in [0.2, 0.25) is 0 Å². The molecule has 1 atom stereocenters. The molecular formula is C11H17N. The highest BCUT2D eigenvalue weighted by molar-refractivity contribution is 5.36. The lowest BCUT2D eigenvalue weighted by Gasteiger charge is -2.15. The topological polar surface area (TPSA) is 26.0 Å². The van der Waals surface area contributed by atoms with E-state index in [0.29, 0.717) is 5.92 Å². The predicted molar refractivity (Wildman–Crippen MR) is 53.4 cm³/mol. The molecule has 1 heteroatoms. The molecule has 1 aromatic carbocycles. The molecule has 0 aliphatic carbocycles. The number of rotatable bonds is 2. The molecule has 1 rings (SSSR count). The summed E-state index contributed by atoms with van der Waals surface area (Å²) in [5.74, 6) is 0.478. The summed E-state index contributed by atoms with van der Waals surface area (Å²) in [4.78, 5) is 0. The number of hydrogen-bond donors (Lipinski definition) is 1. The number of aryl methyl sites for hydroxylation is 2. The second-order valence-electron chi connectivity index (χ2n) is 3.44. The monoisotopic (exact) mass is 163 g/mol. The highest BCUT2D eigenvalue weighted by Crippen LogP contribution is 2.21. The summed E-state index contributed by atoms with van der Waals surface area (Å²) < 4.78 is 0. The Labute approximate surface area is 74.6 Å². The Bertz CT molecular complexity index is 245. The minimum atomic E-state index is 0.478. The summed E-state index contributed by atoms with van der Waals surface area (Å²) in [5.41, 5.74) is 9.77.